The second-order valence-electron chi connectivity index (χ2n) is 10.4. The van der Waals surface area contributed by atoms with Crippen LogP contribution in [0.1, 0.15) is 47.4 Å². The van der Waals surface area contributed by atoms with E-state index in [4.69, 9.17) is 4.98 Å². The van der Waals surface area contributed by atoms with E-state index in [1.165, 1.54) is 33.2 Å². The zero-order valence-corrected chi connectivity index (χ0v) is 20.9. The lowest BCUT2D eigenvalue weighted by atomic mass is 9.91. The molecule has 0 radical (unpaired) electrons. The molecule has 0 saturated carbocycles. The summed E-state index contributed by atoms with van der Waals surface area (Å²) in [5.41, 5.74) is 10.7. The van der Waals surface area contributed by atoms with Gasteiger partial charge in [-0.25, -0.2) is 4.98 Å². The molecule has 0 N–H and O–H groups in total. The first-order valence-electron chi connectivity index (χ1n) is 12.0. The number of fused-ring (bicyclic) bond motifs is 6. The van der Waals surface area contributed by atoms with Crippen LogP contribution in [-0.2, 0) is 5.54 Å². The van der Waals surface area contributed by atoms with E-state index in [0.29, 0.717) is 0 Å². The van der Waals surface area contributed by atoms with Crippen molar-refractivity contribution in [3.8, 4) is 11.3 Å². The molecule has 0 aliphatic carbocycles. The minimum Gasteiger partial charge on any atom is -0.291 e. The third kappa shape index (κ3) is 2.63. The number of rotatable bonds is 2. The van der Waals surface area contributed by atoms with Crippen LogP contribution in [-0.4, -0.2) is 20.5 Å². The maximum absolute atomic E-state index is 14.8. The second kappa shape index (κ2) is 6.89. The Balaban J connectivity index is 1.87. The van der Waals surface area contributed by atoms with Gasteiger partial charge in [0.1, 0.15) is 5.65 Å². The Morgan fingerprint density at radius 2 is 1.56 bits per heavy atom. The standard InChI is InChI=1S/C30H30FN3/c1-16-11-12-22-23-9-8-10-24(30(7)21(6)34(30)31)27(23)29-32-20(5)28(33(29)25(22)15-16)26-18(3)13-17(2)14-19(26)4/h8-15,21H,1-7H3. The normalized spacial score (nSPS) is 22.2. The fourth-order valence-corrected chi connectivity index (χ4v) is 6.12. The summed E-state index contributed by atoms with van der Waals surface area (Å²) in [5, 5.41) is 4.30. The molecule has 2 aromatic heterocycles. The summed E-state index contributed by atoms with van der Waals surface area (Å²) in [6.45, 7) is 14.7. The van der Waals surface area contributed by atoms with Crippen LogP contribution in [0.5, 0.6) is 0 Å². The van der Waals surface area contributed by atoms with Crippen molar-refractivity contribution in [1.82, 2.24) is 14.5 Å². The molecule has 1 aliphatic rings. The van der Waals surface area contributed by atoms with Crippen LogP contribution in [0.15, 0.2) is 48.5 Å². The van der Waals surface area contributed by atoms with Crippen LogP contribution in [0, 0.1) is 34.6 Å². The number of aromatic nitrogens is 2. The summed E-state index contributed by atoms with van der Waals surface area (Å²) >= 11 is 0. The van der Waals surface area contributed by atoms with Crippen molar-refractivity contribution < 1.29 is 4.48 Å². The Labute approximate surface area is 199 Å². The van der Waals surface area contributed by atoms with E-state index in [-0.39, 0.29) is 6.04 Å². The highest BCUT2D eigenvalue weighted by Gasteiger charge is 2.60. The molecule has 0 bridgehead atoms. The summed E-state index contributed by atoms with van der Waals surface area (Å²) in [6, 6.07) is 17.2. The highest BCUT2D eigenvalue weighted by Crippen LogP contribution is 2.53. The topological polar surface area (TPSA) is 20.3 Å². The van der Waals surface area contributed by atoms with Gasteiger partial charge in [-0.1, -0.05) is 48.0 Å². The molecule has 172 valence electrons. The summed E-state index contributed by atoms with van der Waals surface area (Å²) in [6.07, 6.45) is 0. The molecule has 3 unspecified atom stereocenters. The molecule has 3 atom stereocenters. The number of pyridine rings is 1. The van der Waals surface area contributed by atoms with Crippen molar-refractivity contribution in [2.45, 2.75) is 60.0 Å². The first-order valence-corrected chi connectivity index (χ1v) is 12.0. The van der Waals surface area contributed by atoms with Crippen LogP contribution in [0.25, 0.3) is 38.6 Å². The fraction of sp³-hybridized carbons (Fsp3) is 0.300. The molecule has 6 rings (SSSR count). The molecule has 1 aliphatic heterocycles. The first-order chi connectivity index (χ1) is 16.1. The van der Waals surface area contributed by atoms with Gasteiger partial charge in [0.25, 0.3) is 0 Å². The van der Waals surface area contributed by atoms with Crippen molar-refractivity contribution in [1.29, 1.82) is 0 Å². The van der Waals surface area contributed by atoms with Crippen molar-refractivity contribution in [3.05, 3.63) is 82.0 Å². The van der Waals surface area contributed by atoms with Gasteiger partial charge in [0.15, 0.2) is 0 Å². The van der Waals surface area contributed by atoms with Crippen LogP contribution in [0.4, 0.5) is 4.48 Å². The Morgan fingerprint density at radius 1 is 0.882 bits per heavy atom. The van der Waals surface area contributed by atoms with Gasteiger partial charge in [0.05, 0.1) is 28.5 Å². The SMILES string of the molecule is Cc1cc(C)c(-c2c(C)nc3c4c(C5(C)C(C)N5F)cccc4c4ccc(C)cc4n23)c(C)c1. The van der Waals surface area contributed by atoms with Gasteiger partial charge in [-0.2, -0.15) is 0 Å². The summed E-state index contributed by atoms with van der Waals surface area (Å²) in [5.74, 6) is 0. The number of hydrogen-bond acceptors (Lipinski definition) is 2. The zero-order valence-electron chi connectivity index (χ0n) is 20.9. The van der Waals surface area contributed by atoms with Crippen molar-refractivity contribution in [3.63, 3.8) is 0 Å². The highest BCUT2D eigenvalue weighted by atomic mass is 19.2. The molecular weight excluding hydrogens is 421 g/mol. The van der Waals surface area contributed by atoms with Crippen LogP contribution < -0.4 is 0 Å². The lowest BCUT2D eigenvalue weighted by molar-refractivity contribution is 0.126. The lowest BCUT2D eigenvalue weighted by Crippen LogP contribution is -2.10. The Hall–Kier alpha value is -3.24. The first kappa shape index (κ1) is 21.3. The molecule has 0 amide bonds. The predicted octanol–water partition coefficient (Wildman–Crippen LogP) is 7.65. The van der Waals surface area contributed by atoms with E-state index in [0.717, 1.165) is 44.0 Å². The highest BCUT2D eigenvalue weighted by molar-refractivity contribution is 6.14. The van der Waals surface area contributed by atoms with Gasteiger partial charge in [-0.3, -0.25) is 4.40 Å². The fourth-order valence-electron chi connectivity index (χ4n) is 6.12. The van der Waals surface area contributed by atoms with Gasteiger partial charge < -0.3 is 0 Å². The number of benzene rings is 3. The Morgan fingerprint density at radius 3 is 2.21 bits per heavy atom. The Bertz CT molecular complexity index is 1630. The van der Waals surface area contributed by atoms with Gasteiger partial charge in [-0.15, -0.1) is 9.60 Å². The average Bonchev–Trinajstić information content (AvgIpc) is 3.10. The maximum Gasteiger partial charge on any atom is 0.146 e. The monoisotopic (exact) mass is 451 g/mol. The van der Waals surface area contributed by atoms with E-state index in [1.807, 2.05) is 13.8 Å². The zero-order chi connectivity index (χ0) is 24.1. The van der Waals surface area contributed by atoms with E-state index < -0.39 is 5.54 Å². The Kier molecular flexibility index (Phi) is 4.32. The van der Waals surface area contributed by atoms with Crippen molar-refractivity contribution in [2.24, 2.45) is 0 Å². The third-order valence-corrected chi connectivity index (χ3v) is 8.01. The molecule has 1 fully saturated rings. The molecule has 0 spiro atoms. The second-order valence-corrected chi connectivity index (χ2v) is 10.4. The minimum absolute atomic E-state index is 0.163. The summed E-state index contributed by atoms with van der Waals surface area (Å²) < 4.78 is 17.2. The number of aryl methyl sites for hydroxylation is 5. The van der Waals surface area contributed by atoms with E-state index in [1.54, 1.807) is 0 Å². The molecule has 3 aromatic carbocycles. The molecule has 5 aromatic rings. The maximum atomic E-state index is 14.8. The summed E-state index contributed by atoms with van der Waals surface area (Å²) in [4.78, 5) is 5.18. The largest absolute Gasteiger partial charge is 0.291 e. The van der Waals surface area contributed by atoms with Gasteiger partial charge >= 0.3 is 0 Å². The molecule has 3 nitrogen and oxygen atoms in total. The van der Waals surface area contributed by atoms with Crippen LogP contribution in [0.2, 0.25) is 0 Å². The lowest BCUT2D eigenvalue weighted by Gasteiger charge is -2.18. The third-order valence-electron chi connectivity index (χ3n) is 8.01. The van der Waals surface area contributed by atoms with Crippen LogP contribution >= 0.6 is 0 Å². The molecule has 4 heteroatoms. The minimum atomic E-state index is -0.645. The average molecular weight is 452 g/mol. The molecule has 3 heterocycles. The summed E-state index contributed by atoms with van der Waals surface area (Å²) in [7, 11) is 0. The van der Waals surface area contributed by atoms with E-state index in [2.05, 4.69) is 87.6 Å². The molecule has 1 saturated heterocycles. The smallest absolute Gasteiger partial charge is 0.146 e. The van der Waals surface area contributed by atoms with Crippen LogP contribution in [0.3, 0.4) is 0 Å². The van der Waals surface area contributed by atoms with Gasteiger partial charge in [-0.05, 0) is 82.2 Å². The molecular formula is C30H30FN3. The molecule has 34 heavy (non-hydrogen) atoms. The predicted molar refractivity (Wildman–Crippen MR) is 139 cm³/mol. The van der Waals surface area contributed by atoms with Crippen molar-refractivity contribution in [2.75, 3.05) is 0 Å². The quantitative estimate of drug-likeness (QED) is 0.156. The number of imidazole rings is 1. The number of nitrogens with zero attached hydrogens (tertiary/aromatic N) is 3. The van der Waals surface area contributed by atoms with Gasteiger partial charge in [0.2, 0.25) is 0 Å². The van der Waals surface area contributed by atoms with E-state index in [9.17, 15) is 4.48 Å². The number of hydrogen-bond donors (Lipinski definition) is 0. The number of halogens is 1. The van der Waals surface area contributed by atoms with Crippen molar-refractivity contribution >= 4 is 27.3 Å². The van der Waals surface area contributed by atoms with Gasteiger partial charge in [0, 0.05) is 16.3 Å². The van der Waals surface area contributed by atoms with E-state index >= 15 is 0 Å².